The van der Waals surface area contributed by atoms with Crippen LogP contribution in [-0.2, 0) is 4.79 Å². The Morgan fingerprint density at radius 1 is 1.26 bits per heavy atom. The van der Waals surface area contributed by atoms with E-state index in [2.05, 4.69) is 16.6 Å². The molecule has 1 fully saturated rings. The molecule has 27 heavy (non-hydrogen) atoms. The number of pyridine rings is 1. The molecule has 7 heteroatoms. The molecule has 0 radical (unpaired) electrons. The summed E-state index contributed by atoms with van der Waals surface area (Å²) in [5.41, 5.74) is 0.784. The smallest absolute Gasteiger partial charge is 0.267 e. The number of amidine groups is 1. The summed E-state index contributed by atoms with van der Waals surface area (Å²) in [6.45, 7) is 4.10. The molecule has 0 unspecified atom stereocenters. The lowest BCUT2D eigenvalue weighted by atomic mass is 10.1. The van der Waals surface area contributed by atoms with Crippen LogP contribution in [0.15, 0.2) is 65.1 Å². The molecule has 0 bridgehead atoms. The first-order valence-electron chi connectivity index (χ1n) is 8.20. The number of methoxy groups -OCH3 is 2. The van der Waals surface area contributed by atoms with E-state index in [0.29, 0.717) is 33.9 Å². The van der Waals surface area contributed by atoms with Gasteiger partial charge in [0.25, 0.3) is 5.91 Å². The van der Waals surface area contributed by atoms with Crippen LogP contribution in [0.25, 0.3) is 6.08 Å². The number of amides is 1. The van der Waals surface area contributed by atoms with Gasteiger partial charge in [0.15, 0.2) is 11.0 Å². The predicted octanol–water partition coefficient (Wildman–Crippen LogP) is 3.89. The zero-order valence-corrected chi connectivity index (χ0v) is 15.9. The van der Waals surface area contributed by atoms with E-state index in [-0.39, 0.29) is 5.91 Å². The molecule has 0 aliphatic carbocycles. The van der Waals surface area contributed by atoms with E-state index >= 15 is 0 Å². The van der Waals surface area contributed by atoms with Gasteiger partial charge in [0.1, 0.15) is 11.5 Å². The Kier molecular flexibility index (Phi) is 5.93. The van der Waals surface area contributed by atoms with Gasteiger partial charge >= 0.3 is 0 Å². The van der Waals surface area contributed by atoms with Crippen molar-refractivity contribution in [1.29, 1.82) is 0 Å². The fourth-order valence-corrected chi connectivity index (χ4v) is 3.47. The molecule has 0 spiro atoms. The normalized spacial score (nSPS) is 16.8. The Morgan fingerprint density at radius 2 is 2.11 bits per heavy atom. The molecule has 0 N–H and O–H groups in total. The maximum absolute atomic E-state index is 12.8. The summed E-state index contributed by atoms with van der Waals surface area (Å²) >= 11 is 1.30. The zero-order chi connectivity index (χ0) is 19.2. The van der Waals surface area contributed by atoms with Crippen molar-refractivity contribution in [2.75, 3.05) is 20.8 Å². The maximum atomic E-state index is 12.8. The Morgan fingerprint density at radius 3 is 2.78 bits per heavy atom. The molecule has 3 rings (SSSR count). The van der Waals surface area contributed by atoms with Gasteiger partial charge in [-0.2, -0.15) is 0 Å². The highest BCUT2D eigenvalue weighted by atomic mass is 32.2. The molecule has 1 amide bonds. The second-order valence-electron chi connectivity index (χ2n) is 5.51. The third kappa shape index (κ3) is 4.20. The number of aromatic nitrogens is 1. The number of aliphatic imine (C=N–C) groups is 1. The predicted molar refractivity (Wildman–Crippen MR) is 108 cm³/mol. The molecule has 0 atom stereocenters. The van der Waals surface area contributed by atoms with Crippen LogP contribution in [0.2, 0.25) is 0 Å². The second kappa shape index (κ2) is 8.55. The van der Waals surface area contributed by atoms with E-state index in [4.69, 9.17) is 9.47 Å². The minimum Gasteiger partial charge on any atom is -0.497 e. The molecule has 1 aromatic carbocycles. The summed E-state index contributed by atoms with van der Waals surface area (Å²) < 4.78 is 10.6. The topological polar surface area (TPSA) is 64.0 Å². The van der Waals surface area contributed by atoms with Gasteiger partial charge in [-0.3, -0.25) is 9.69 Å². The molecule has 1 saturated heterocycles. The third-order valence-electron chi connectivity index (χ3n) is 3.79. The van der Waals surface area contributed by atoms with Gasteiger partial charge in [-0.1, -0.05) is 12.1 Å². The Hall–Kier alpha value is -3.06. The molecule has 1 aliphatic heterocycles. The number of ether oxygens (including phenoxy) is 2. The van der Waals surface area contributed by atoms with E-state index in [1.54, 1.807) is 49.6 Å². The van der Waals surface area contributed by atoms with Crippen molar-refractivity contribution in [3.63, 3.8) is 0 Å². The standard InChI is InChI=1S/C20H19N3O3S/c1-4-11-23-19(24)17(27-20(23)22-18-7-5-6-10-21-18)12-14-8-9-15(25-2)13-16(14)26-3/h4-10,12-13H,1,11H2,2-3H3/b17-12-,22-20+. The molecule has 1 aromatic heterocycles. The summed E-state index contributed by atoms with van der Waals surface area (Å²) in [6, 6.07) is 10.9. The quantitative estimate of drug-likeness (QED) is 0.561. The number of hydrogen-bond donors (Lipinski definition) is 0. The van der Waals surface area contributed by atoms with E-state index in [1.807, 2.05) is 24.3 Å². The monoisotopic (exact) mass is 381 g/mol. The van der Waals surface area contributed by atoms with Gasteiger partial charge in [0.2, 0.25) is 0 Å². The lowest BCUT2D eigenvalue weighted by molar-refractivity contribution is -0.121. The van der Waals surface area contributed by atoms with Crippen molar-refractivity contribution < 1.29 is 14.3 Å². The Bertz CT molecular complexity index is 910. The molecule has 1 aliphatic rings. The first-order chi connectivity index (χ1) is 13.2. The highest BCUT2D eigenvalue weighted by molar-refractivity contribution is 8.18. The summed E-state index contributed by atoms with van der Waals surface area (Å²) in [5, 5.41) is 0.567. The number of rotatable bonds is 6. The lowest BCUT2D eigenvalue weighted by Crippen LogP contribution is -2.29. The van der Waals surface area contributed by atoms with Crippen LogP contribution >= 0.6 is 11.8 Å². The number of benzene rings is 1. The van der Waals surface area contributed by atoms with Gasteiger partial charge < -0.3 is 9.47 Å². The van der Waals surface area contributed by atoms with Crippen molar-refractivity contribution in [3.8, 4) is 11.5 Å². The molecule has 2 heterocycles. The van der Waals surface area contributed by atoms with Crippen molar-refractivity contribution in [2.45, 2.75) is 0 Å². The van der Waals surface area contributed by atoms with Crippen molar-refractivity contribution >= 4 is 34.7 Å². The van der Waals surface area contributed by atoms with Gasteiger partial charge in [-0.25, -0.2) is 9.98 Å². The summed E-state index contributed by atoms with van der Waals surface area (Å²) in [5.74, 6) is 1.73. The van der Waals surface area contributed by atoms with Crippen molar-refractivity contribution in [3.05, 3.63) is 65.7 Å². The average Bonchev–Trinajstić information content (AvgIpc) is 2.98. The van der Waals surface area contributed by atoms with Gasteiger partial charge in [-0.05, 0) is 42.1 Å². The summed E-state index contributed by atoms with van der Waals surface area (Å²) in [6.07, 6.45) is 5.13. The number of carbonyl (C=O) groups is 1. The molecule has 2 aromatic rings. The lowest BCUT2D eigenvalue weighted by Gasteiger charge is -2.12. The van der Waals surface area contributed by atoms with E-state index in [1.165, 1.54) is 11.8 Å². The van der Waals surface area contributed by atoms with Gasteiger partial charge in [0.05, 0.1) is 19.1 Å². The average molecular weight is 381 g/mol. The number of nitrogens with zero attached hydrogens (tertiary/aromatic N) is 3. The SMILES string of the molecule is C=CCN1C(=O)/C(=C/c2ccc(OC)cc2OC)S/C1=N/c1ccccn1. The third-order valence-corrected chi connectivity index (χ3v) is 4.79. The molecule has 0 saturated carbocycles. The first-order valence-corrected chi connectivity index (χ1v) is 9.02. The molecular formula is C20H19N3O3S. The van der Waals surface area contributed by atoms with Crippen LogP contribution < -0.4 is 9.47 Å². The maximum Gasteiger partial charge on any atom is 0.267 e. The number of thioether (sulfide) groups is 1. The van der Waals surface area contributed by atoms with Gasteiger partial charge in [0, 0.05) is 24.4 Å². The fraction of sp³-hybridized carbons (Fsp3) is 0.150. The van der Waals surface area contributed by atoms with Crippen LogP contribution in [0.3, 0.4) is 0 Å². The zero-order valence-electron chi connectivity index (χ0n) is 15.1. The highest BCUT2D eigenvalue weighted by Crippen LogP contribution is 2.36. The minimum absolute atomic E-state index is 0.132. The van der Waals surface area contributed by atoms with Crippen LogP contribution in [0.1, 0.15) is 5.56 Å². The fourth-order valence-electron chi connectivity index (χ4n) is 2.48. The minimum atomic E-state index is -0.132. The van der Waals surface area contributed by atoms with Crippen molar-refractivity contribution in [2.24, 2.45) is 4.99 Å². The highest BCUT2D eigenvalue weighted by Gasteiger charge is 2.33. The second-order valence-corrected chi connectivity index (χ2v) is 6.51. The number of carbonyl (C=O) groups excluding carboxylic acids is 1. The van der Waals surface area contributed by atoms with Crippen LogP contribution in [0, 0.1) is 0 Å². The van der Waals surface area contributed by atoms with Crippen molar-refractivity contribution in [1.82, 2.24) is 9.88 Å². The van der Waals surface area contributed by atoms with Crippen LogP contribution in [-0.4, -0.2) is 41.7 Å². The molecular weight excluding hydrogens is 362 g/mol. The molecule has 138 valence electrons. The van der Waals surface area contributed by atoms with Crippen LogP contribution in [0.5, 0.6) is 11.5 Å². The largest absolute Gasteiger partial charge is 0.497 e. The Balaban J connectivity index is 1.97. The Labute approximate surface area is 162 Å². The molecule has 6 nitrogen and oxygen atoms in total. The van der Waals surface area contributed by atoms with Crippen LogP contribution in [0.4, 0.5) is 5.82 Å². The van der Waals surface area contributed by atoms with E-state index in [0.717, 1.165) is 5.56 Å². The van der Waals surface area contributed by atoms with E-state index in [9.17, 15) is 4.79 Å². The van der Waals surface area contributed by atoms with Gasteiger partial charge in [-0.15, -0.1) is 6.58 Å². The summed E-state index contributed by atoms with van der Waals surface area (Å²) in [4.78, 5) is 23.7. The first kappa shape index (κ1) is 18.7. The summed E-state index contributed by atoms with van der Waals surface area (Å²) in [7, 11) is 3.18. The van der Waals surface area contributed by atoms with E-state index < -0.39 is 0 Å². The number of hydrogen-bond acceptors (Lipinski definition) is 6.